The van der Waals surface area contributed by atoms with Crippen LogP contribution in [0.15, 0.2) is 67.1 Å². The molecule has 1 fully saturated rings. The Hall–Kier alpha value is -2.07. The number of hydrogen-bond acceptors (Lipinski definition) is 5. The van der Waals surface area contributed by atoms with Crippen LogP contribution in [0.25, 0.3) is 11.0 Å². The highest BCUT2D eigenvalue weighted by Gasteiger charge is 2.29. The van der Waals surface area contributed by atoms with Crippen molar-refractivity contribution in [2.24, 2.45) is 0 Å². The molecule has 0 spiro atoms. The van der Waals surface area contributed by atoms with Crippen LogP contribution in [0.2, 0.25) is 0 Å². The third-order valence-electron chi connectivity index (χ3n) is 4.95. The van der Waals surface area contributed by atoms with Gasteiger partial charge < -0.3 is 4.42 Å². The highest BCUT2D eigenvalue weighted by Crippen LogP contribution is 2.24. The van der Waals surface area contributed by atoms with Crippen molar-refractivity contribution in [1.82, 2.24) is 9.21 Å². The summed E-state index contributed by atoms with van der Waals surface area (Å²) in [6, 6.07) is 12.1. The van der Waals surface area contributed by atoms with Crippen LogP contribution in [0.1, 0.15) is 5.56 Å². The van der Waals surface area contributed by atoms with Gasteiger partial charge in [0.15, 0.2) is 0 Å². The van der Waals surface area contributed by atoms with Crippen LogP contribution < -0.4 is 5.63 Å². The monoisotopic (exact) mass is 480 g/mol. The van der Waals surface area contributed by atoms with Crippen LogP contribution in [0.4, 0.5) is 4.39 Å². The van der Waals surface area contributed by atoms with E-state index in [9.17, 15) is 17.6 Å². The van der Waals surface area contributed by atoms with E-state index in [1.54, 1.807) is 6.07 Å². The molecule has 3 aromatic rings. The number of nitrogens with zero attached hydrogens (tertiary/aromatic N) is 2. The minimum Gasteiger partial charge on any atom is -0.423 e. The molecule has 0 bridgehead atoms. The smallest absolute Gasteiger partial charge is 0.336 e. The van der Waals surface area contributed by atoms with Crippen molar-refractivity contribution in [2.45, 2.75) is 11.4 Å². The normalized spacial score (nSPS) is 16.3. The van der Waals surface area contributed by atoms with Gasteiger partial charge >= 0.3 is 5.63 Å². The molecular weight excluding hydrogens is 463 g/mol. The molecule has 4 rings (SSSR count). The van der Waals surface area contributed by atoms with Gasteiger partial charge in [0.2, 0.25) is 10.0 Å². The third-order valence-corrected chi connectivity index (χ3v) is 7.34. The van der Waals surface area contributed by atoms with Crippen LogP contribution in [0, 0.1) is 5.82 Å². The third kappa shape index (κ3) is 4.28. The molecule has 9 heteroatoms. The number of sulfonamides is 1. The van der Waals surface area contributed by atoms with Gasteiger partial charge in [-0.05, 0) is 42.0 Å². The molecule has 0 amide bonds. The maximum Gasteiger partial charge on any atom is 0.336 e. The average molecular weight is 481 g/mol. The average Bonchev–Trinajstić information content (AvgIpc) is 2.68. The van der Waals surface area contributed by atoms with Gasteiger partial charge in [0, 0.05) is 48.6 Å². The summed E-state index contributed by atoms with van der Waals surface area (Å²) >= 11 is 3.37. The molecule has 0 atom stereocenters. The molecule has 0 saturated carbocycles. The Labute approximate surface area is 175 Å². The fraction of sp³-hybridized carbons (Fsp3) is 0.250. The minimum atomic E-state index is -3.73. The summed E-state index contributed by atoms with van der Waals surface area (Å²) in [7, 11) is -3.73. The Morgan fingerprint density at radius 1 is 1.03 bits per heavy atom. The first-order valence-electron chi connectivity index (χ1n) is 9.03. The Morgan fingerprint density at radius 3 is 2.52 bits per heavy atom. The predicted molar refractivity (Wildman–Crippen MR) is 111 cm³/mol. The molecule has 2 aromatic carbocycles. The highest BCUT2D eigenvalue weighted by molar-refractivity contribution is 9.10. The van der Waals surface area contributed by atoms with Gasteiger partial charge in [-0.2, -0.15) is 4.31 Å². The van der Waals surface area contributed by atoms with Crippen LogP contribution >= 0.6 is 15.9 Å². The molecule has 152 valence electrons. The Bertz CT molecular complexity index is 1220. The first-order chi connectivity index (χ1) is 13.8. The SMILES string of the molecule is O=c1cc(CN2CCN(S(=O)(=O)c3cccc(F)c3)CC2)c2ccc(Br)cc2o1. The van der Waals surface area contributed by atoms with Crippen LogP contribution in [-0.4, -0.2) is 43.8 Å². The molecule has 29 heavy (non-hydrogen) atoms. The van der Waals surface area contributed by atoms with E-state index in [4.69, 9.17) is 4.42 Å². The molecule has 1 aliphatic heterocycles. The van der Waals surface area contributed by atoms with Gasteiger partial charge in [-0.25, -0.2) is 17.6 Å². The lowest BCUT2D eigenvalue weighted by Crippen LogP contribution is -2.48. The zero-order valence-electron chi connectivity index (χ0n) is 15.3. The maximum atomic E-state index is 13.4. The second kappa shape index (κ2) is 7.98. The quantitative estimate of drug-likeness (QED) is 0.536. The van der Waals surface area contributed by atoms with E-state index in [1.807, 2.05) is 12.1 Å². The molecule has 2 heterocycles. The van der Waals surface area contributed by atoms with Crippen molar-refractivity contribution >= 4 is 36.9 Å². The number of hydrogen-bond donors (Lipinski definition) is 0. The second-order valence-corrected chi connectivity index (χ2v) is 9.72. The topological polar surface area (TPSA) is 70.8 Å². The number of piperazine rings is 1. The number of halogens is 2. The molecule has 6 nitrogen and oxygen atoms in total. The van der Waals surface area contributed by atoms with Crippen molar-refractivity contribution in [1.29, 1.82) is 0 Å². The summed E-state index contributed by atoms with van der Waals surface area (Å²) in [4.78, 5) is 14.0. The Morgan fingerprint density at radius 2 is 1.79 bits per heavy atom. The van der Waals surface area contributed by atoms with Gasteiger partial charge in [0.25, 0.3) is 0 Å². The fourth-order valence-electron chi connectivity index (χ4n) is 3.48. The first kappa shape index (κ1) is 20.2. The molecule has 0 radical (unpaired) electrons. The van der Waals surface area contributed by atoms with Gasteiger partial charge in [-0.15, -0.1) is 0 Å². The van der Waals surface area contributed by atoms with Crippen molar-refractivity contribution in [3.8, 4) is 0 Å². The number of benzene rings is 2. The first-order valence-corrected chi connectivity index (χ1v) is 11.3. The predicted octanol–water partition coefficient (Wildman–Crippen LogP) is 3.20. The van der Waals surface area contributed by atoms with Crippen molar-refractivity contribution in [2.75, 3.05) is 26.2 Å². The largest absolute Gasteiger partial charge is 0.423 e. The highest BCUT2D eigenvalue weighted by atomic mass is 79.9. The summed E-state index contributed by atoms with van der Waals surface area (Å²) in [5.41, 5.74) is 0.928. The van der Waals surface area contributed by atoms with Gasteiger partial charge in [-0.1, -0.05) is 22.0 Å². The second-order valence-electron chi connectivity index (χ2n) is 6.87. The summed E-state index contributed by atoms with van der Waals surface area (Å²) in [5, 5.41) is 0.850. The van der Waals surface area contributed by atoms with Crippen LogP contribution in [-0.2, 0) is 16.6 Å². The Balaban J connectivity index is 1.50. The summed E-state index contributed by atoms with van der Waals surface area (Å²) in [5.74, 6) is -0.578. The molecule has 1 aromatic heterocycles. The van der Waals surface area contributed by atoms with Crippen molar-refractivity contribution in [3.63, 3.8) is 0 Å². The summed E-state index contributed by atoms with van der Waals surface area (Å²) < 4.78 is 46.4. The molecule has 0 aliphatic carbocycles. The van der Waals surface area contributed by atoms with Gasteiger partial charge in [0.05, 0.1) is 4.90 Å². The van der Waals surface area contributed by atoms with Crippen molar-refractivity contribution in [3.05, 3.63) is 74.8 Å². The van der Waals surface area contributed by atoms with E-state index >= 15 is 0 Å². The molecule has 1 aliphatic rings. The standard InChI is InChI=1S/C20H18BrFN2O4S/c21-15-4-5-18-14(10-20(25)28-19(18)11-15)13-23-6-8-24(9-7-23)29(26,27)17-3-1-2-16(22)12-17/h1-5,10-12H,6-9,13H2. The van der Waals surface area contributed by atoms with Gasteiger partial charge in [-0.3, -0.25) is 4.90 Å². The van der Waals surface area contributed by atoms with E-state index in [0.29, 0.717) is 38.3 Å². The lowest BCUT2D eigenvalue weighted by atomic mass is 10.1. The summed E-state index contributed by atoms with van der Waals surface area (Å²) in [6.07, 6.45) is 0. The summed E-state index contributed by atoms with van der Waals surface area (Å²) in [6.45, 7) is 2.12. The number of fused-ring (bicyclic) bond motifs is 1. The zero-order chi connectivity index (χ0) is 20.6. The number of rotatable bonds is 4. The minimum absolute atomic E-state index is 0.0387. The van der Waals surface area contributed by atoms with E-state index in [2.05, 4.69) is 20.8 Å². The lowest BCUT2D eigenvalue weighted by molar-refractivity contribution is 0.182. The van der Waals surface area contributed by atoms with E-state index in [-0.39, 0.29) is 4.90 Å². The fourth-order valence-corrected chi connectivity index (χ4v) is 5.27. The molecular formula is C20H18BrFN2O4S. The molecule has 1 saturated heterocycles. The molecule has 0 unspecified atom stereocenters. The van der Waals surface area contributed by atoms with E-state index in [0.717, 1.165) is 21.5 Å². The Kier molecular flexibility index (Phi) is 5.56. The van der Waals surface area contributed by atoms with Gasteiger partial charge in [0.1, 0.15) is 11.4 Å². The van der Waals surface area contributed by atoms with E-state index < -0.39 is 21.5 Å². The van der Waals surface area contributed by atoms with E-state index in [1.165, 1.54) is 28.6 Å². The van der Waals surface area contributed by atoms with Crippen molar-refractivity contribution < 1.29 is 17.2 Å². The maximum absolute atomic E-state index is 13.4. The molecule has 0 N–H and O–H groups in total. The zero-order valence-corrected chi connectivity index (χ0v) is 17.7. The van der Waals surface area contributed by atoms with Crippen LogP contribution in [0.5, 0.6) is 0 Å². The lowest BCUT2D eigenvalue weighted by Gasteiger charge is -2.34. The van der Waals surface area contributed by atoms with Crippen LogP contribution in [0.3, 0.4) is 0 Å².